The van der Waals surface area contributed by atoms with Crippen molar-refractivity contribution >= 4 is 29.7 Å². The van der Waals surface area contributed by atoms with E-state index in [-0.39, 0.29) is 11.6 Å². The smallest absolute Gasteiger partial charge is 0.412 e. The van der Waals surface area contributed by atoms with Gasteiger partial charge in [-0.1, -0.05) is 19.8 Å². The fourth-order valence-electron chi connectivity index (χ4n) is 3.22. The number of amides is 4. The van der Waals surface area contributed by atoms with Gasteiger partial charge in [-0.15, -0.1) is 0 Å². The summed E-state index contributed by atoms with van der Waals surface area (Å²) >= 11 is 0. The van der Waals surface area contributed by atoms with E-state index in [2.05, 4.69) is 22.9 Å². The fourth-order valence-corrected chi connectivity index (χ4v) is 3.22. The Bertz CT molecular complexity index is 800. The molecule has 1 fully saturated rings. The molecule has 9 nitrogen and oxygen atoms in total. The number of ether oxygens (including phenoxy) is 2. The zero-order valence-electron chi connectivity index (χ0n) is 18.4. The van der Waals surface area contributed by atoms with E-state index in [1.807, 2.05) is 0 Å². The Hall–Kier alpha value is -3.10. The van der Waals surface area contributed by atoms with E-state index in [0.29, 0.717) is 11.6 Å². The first kappa shape index (κ1) is 24.2. The van der Waals surface area contributed by atoms with Crippen molar-refractivity contribution in [3.8, 4) is 0 Å². The third-order valence-corrected chi connectivity index (χ3v) is 4.78. The number of esters is 1. The first-order chi connectivity index (χ1) is 14.5. The lowest BCUT2D eigenvalue weighted by atomic mass is 9.86. The zero-order valence-corrected chi connectivity index (χ0v) is 18.4. The van der Waals surface area contributed by atoms with Gasteiger partial charge in [-0.05, 0) is 63.8 Å². The average Bonchev–Trinajstić information content (AvgIpc) is 2.67. The molecule has 1 saturated carbocycles. The van der Waals surface area contributed by atoms with Gasteiger partial charge in [0.1, 0.15) is 5.60 Å². The van der Waals surface area contributed by atoms with Crippen LogP contribution in [0.15, 0.2) is 24.3 Å². The molecule has 1 aromatic carbocycles. The van der Waals surface area contributed by atoms with Gasteiger partial charge in [-0.3, -0.25) is 15.4 Å². The van der Waals surface area contributed by atoms with Crippen molar-refractivity contribution in [2.45, 2.75) is 65.0 Å². The van der Waals surface area contributed by atoms with Gasteiger partial charge in [0.2, 0.25) is 0 Å². The minimum Gasteiger partial charge on any atom is -0.452 e. The van der Waals surface area contributed by atoms with Crippen molar-refractivity contribution in [1.29, 1.82) is 0 Å². The molecule has 3 N–H and O–H groups in total. The molecule has 0 aromatic heterocycles. The van der Waals surface area contributed by atoms with Gasteiger partial charge in [0.25, 0.3) is 5.91 Å². The third kappa shape index (κ3) is 8.65. The number of carbonyl (C=O) groups excluding carboxylic acids is 4. The Morgan fingerprint density at radius 2 is 1.68 bits per heavy atom. The number of urea groups is 1. The second kappa shape index (κ2) is 10.8. The highest BCUT2D eigenvalue weighted by molar-refractivity contribution is 5.97. The number of rotatable bonds is 5. The van der Waals surface area contributed by atoms with Crippen LogP contribution in [-0.4, -0.2) is 42.3 Å². The molecule has 2 rings (SSSR count). The van der Waals surface area contributed by atoms with E-state index < -0.39 is 36.2 Å². The van der Waals surface area contributed by atoms with Crippen molar-refractivity contribution < 1.29 is 28.7 Å². The standard InChI is InChI=1S/C22H31N3O6/c1-14-7-5-6-8-17(14)24-20(28)25-18(26)13-30-19(27)15-9-11-16(12-10-15)23-21(29)31-22(2,3)4/h9-12,14,17H,5-8,13H2,1-4H3,(H,23,29)(H2,24,25,26,28). The Kier molecular flexibility index (Phi) is 8.41. The molecule has 0 heterocycles. The summed E-state index contributed by atoms with van der Waals surface area (Å²) in [4.78, 5) is 47.7. The third-order valence-electron chi connectivity index (χ3n) is 4.78. The summed E-state index contributed by atoms with van der Waals surface area (Å²) in [6, 6.07) is 5.38. The molecule has 1 aliphatic carbocycles. The molecule has 0 radical (unpaired) electrons. The molecule has 1 aromatic rings. The fraction of sp³-hybridized carbons (Fsp3) is 0.545. The van der Waals surface area contributed by atoms with Crippen LogP contribution in [0, 0.1) is 5.92 Å². The zero-order chi connectivity index (χ0) is 23.0. The molecule has 0 aliphatic heterocycles. The van der Waals surface area contributed by atoms with Crippen molar-refractivity contribution in [2.24, 2.45) is 5.92 Å². The van der Waals surface area contributed by atoms with Crippen LogP contribution in [0.4, 0.5) is 15.3 Å². The van der Waals surface area contributed by atoms with Gasteiger partial charge in [0, 0.05) is 11.7 Å². The number of carbonyl (C=O) groups is 4. The Balaban J connectivity index is 1.75. The number of imide groups is 1. The molecule has 31 heavy (non-hydrogen) atoms. The molecule has 2 atom stereocenters. The van der Waals surface area contributed by atoms with E-state index in [9.17, 15) is 19.2 Å². The number of benzene rings is 1. The highest BCUT2D eigenvalue weighted by Gasteiger charge is 2.23. The van der Waals surface area contributed by atoms with Crippen molar-refractivity contribution in [3.63, 3.8) is 0 Å². The maximum absolute atomic E-state index is 12.1. The van der Waals surface area contributed by atoms with Gasteiger partial charge < -0.3 is 14.8 Å². The summed E-state index contributed by atoms with van der Waals surface area (Å²) in [6.45, 7) is 6.75. The number of hydrogen-bond donors (Lipinski definition) is 3. The van der Waals surface area contributed by atoms with Crippen LogP contribution in [0.25, 0.3) is 0 Å². The summed E-state index contributed by atoms with van der Waals surface area (Å²) < 4.78 is 10.1. The van der Waals surface area contributed by atoms with Crippen LogP contribution in [0.5, 0.6) is 0 Å². The van der Waals surface area contributed by atoms with Crippen LogP contribution < -0.4 is 16.0 Å². The second-order valence-electron chi connectivity index (χ2n) is 8.67. The summed E-state index contributed by atoms with van der Waals surface area (Å²) in [7, 11) is 0. The van der Waals surface area contributed by atoms with Crippen LogP contribution in [0.2, 0.25) is 0 Å². The number of nitrogens with one attached hydrogen (secondary N) is 3. The van der Waals surface area contributed by atoms with Gasteiger partial charge >= 0.3 is 18.1 Å². The van der Waals surface area contributed by atoms with E-state index in [4.69, 9.17) is 9.47 Å². The molecular weight excluding hydrogens is 402 g/mol. The predicted octanol–water partition coefficient (Wildman–Crippen LogP) is 3.59. The van der Waals surface area contributed by atoms with Crippen molar-refractivity contribution in [2.75, 3.05) is 11.9 Å². The monoisotopic (exact) mass is 433 g/mol. The van der Waals surface area contributed by atoms with Crippen LogP contribution in [-0.2, 0) is 14.3 Å². The first-order valence-corrected chi connectivity index (χ1v) is 10.4. The lowest BCUT2D eigenvalue weighted by Crippen LogP contribution is -2.48. The maximum Gasteiger partial charge on any atom is 0.412 e. The summed E-state index contributed by atoms with van der Waals surface area (Å²) in [5.41, 5.74) is 0.0140. The lowest BCUT2D eigenvalue weighted by Gasteiger charge is -2.29. The molecule has 0 bridgehead atoms. The quantitative estimate of drug-likeness (QED) is 0.610. The topological polar surface area (TPSA) is 123 Å². The number of hydrogen-bond acceptors (Lipinski definition) is 6. The van der Waals surface area contributed by atoms with E-state index in [0.717, 1.165) is 25.7 Å². The summed E-state index contributed by atoms with van der Waals surface area (Å²) in [5.74, 6) is -1.07. The SMILES string of the molecule is CC1CCCCC1NC(=O)NC(=O)COC(=O)c1ccc(NC(=O)OC(C)(C)C)cc1. The van der Waals surface area contributed by atoms with E-state index >= 15 is 0 Å². The molecule has 4 amide bonds. The van der Waals surface area contributed by atoms with Crippen molar-refractivity contribution in [3.05, 3.63) is 29.8 Å². The van der Waals surface area contributed by atoms with Crippen LogP contribution in [0.3, 0.4) is 0 Å². The normalized spacial score (nSPS) is 18.5. The largest absolute Gasteiger partial charge is 0.452 e. The molecule has 0 saturated heterocycles. The summed E-state index contributed by atoms with van der Waals surface area (Å²) in [5, 5.41) is 7.53. The van der Waals surface area contributed by atoms with Crippen molar-refractivity contribution in [1.82, 2.24) is 10.6 Å². The molecule has 0 spiro atoms. The van der Waals surface area contributed by atoms with E-state index in [1.54, 1.807) is 20.8 Å². The first-order valence-electron chi connectivity index (χ1n) is 10.4. The Morgan fingerprint density at radius 3 is 2.29 bits per heavy atom. The molecular formula is C22H31N3O6. The lowest BCUT2D eigenvalue weighted by molar-refractivity contribution is -0.123. The molecule has 170 valence electrons. The average molecular weight is 434 g/mol. The van der Waals surface area contributed by atoms with Gasteiger partial charge in [0.05, 0.1) is 5.56 Å². The molecule has 9 heteroatoms. The second-order valence-corrected chi connectivity index (χ2v) is 8.67. The van der Waals surface area contributed by atoms with Crippen LogP contribution in [0.1, 0.15) is 63.7 Å². The van der Waals surface area contributed by atoms with Crippen LogP contribution >= 0.6 is 0 Å². The molecule has 2 unspecified atom stereocenters. The minimum absolute atomic E-state index is 0.0388. The molecule has 1 aliphatic rings. The summed E-state index contributed by atoms with van der Waals surface area (Å²) in [6.07, 6.45) is 3.51. The minimum atomic E-state index is -0.722. The van der Waals surface area contributed by atoms with Gasteiger partial charge in [0.15, 0.2) is 6.61 Å². The van der Waals surface area contributed by atoms with E-state index in [1.165, 1.54) is 24.3 Å². The maximum atomic E-state index is 12.1. The number of anilines is 1. The highest BCUT2D eigenvalue weighted by Crippen LogP contribution is 2.23. The Labute approximate surface area is 182 Å². The highest BCUT2D eigenvalue weighted by atomic mass is 16.6. The Morgan fingerprint density at radius 1 is 1.03 bits per heavy atom. The van der Waals surface area contributed by atoms with Gasteiger partial charge in [-0.25, -0.2) is 14.4 Å². The predicted molar refractivity (Wildman–Crippen MR) is 115 cm³/mol. The van der Waals surface area contributed by atoms with Gasteiger partial charge in [-0.2, -0.15) is 0 Å².